The van der Waals surface area contributed by atoms with Crippen LogP contribution in [0.5, 0.6) is 0 Å². The maximum absolute atomic E-state index is 11.8. The molecular weight excluding hydrogens is 300 g/mol. The van der Waals surface area contributed by atoms with Crippen LogP contribution in [0.1, 0.15) is 5.56 Å². The zero-order valence-corrected chi connectivity index (χ0v) is 13.7. The highest BCUT2D eigenvalue weighted by molar-refractivity contribution is 7.98. The molecule has 3 nitrogen and oxygen atoms in total. The number of carbonyl (C=O) groups is 1. The molecule has 0 heterocycles. The van der Waals surface area contributed by atoms with E-state index in [-0.39, 0.29) is 6.03 Å². The first-order valence-electron chi connectivity index (χ1n) is 6.53. The molecule has 2 amide bonds. The van der Waals surface area contributed by atoms with E-state index in [1.165, 1.54) is 9.79 Å². The van der Waals surface area contributed by atoms with Gasteiger partial charge in [-0.15, -0.1) is 23.5 Å². The molecule has 0 aromatic heterocycles. The van der Waals surface area contributed by atoms with E-state index in [1.807, 2.05) is 48.9 Å². The zero-order chi connectivity index (χ0) is 15.1. The predicted molar refractivity (Wildman–Crippen MR) is 92.3 cm³/mol. The van der Waals surface area contributed by atoms with Crippen molar-refractivity contribution in [2.45, 2.75) is 16.3 Å². The SMILES string of the molecule is CSc1ccc(CNC(=O)Nc2ccc(SC)cc2)cc1. The molecule has 2 aromatic carbocycles. The molecule has 0 aliphatic carbocycles. The van der Waals surface area contributed by atoms with Gasteiger partial charge in [-0.3, -0.25) is 0 Å². The number of carbonyl (C=O) groups excluding carboxylic acids is 1. The standard InChI is InChI=1S/C16H18N2OS2/c1-20-14-7-3-12(4-8-14)11-17-16(19)18-13-5-9-15(21-2)10-6-13/h3-10H,11H2,1-2H3,(H2,17,18,19). The molecule has 0 spiro atoms. The van der Waals surface area contributed by atoms with Crippen LogP contribution in [-0.4, -0.2) is 18.5 Å². The van der Waals surface area contributed by atoms with Gasteiger partial charge < -0.3 is 10.6 Å². The van der Waals surface area contributed by atoms with E-state index in [0.29, 0.717) is 6.54 Å². The van der Waals surface area contributed by atoms with E-state index in [4.69, 9.17) is 0 Å². The number of thioether (sulfide) groups is 2. The third kappa shape index (κ3) is 5.02. The lowest BCUT2D eigenvalue weighted by atomic mass is 10.2. The van der Waals surface area contributed by atoms with Gasteiger partial charge in [0.2, 0.25) is 0 Å². The highest BCUT2D eigenvalue weighted by atomic mass is 32.2. The van der Waals surface area contributed by atoms with E-state index in [1.54, 1.807) is 23.5 Å². The molecule has 21 heavy (non-hydrogen) atoms. The lowest BCUT2D eigenvalue weighted by Crippen LogP contribution is -2.28. The first-order valence-corrected chi connectivity index (χ1v) is 8.98. The van der Waals surface area contributed by atoms with Crippen LogP contribution in [0.15, 0.2) is 58.3 Å². The summed E-state index contributed by atoms with van der Waals surface area (Å²) in [6, 6.07) is 15.8. The number of anilines is 1. The van der Waals surface area contributed by atoms with Crippen LogP contribution in [-0.2, 0) is 6.54 Å². The molecule has 0 fully saturated rings. The first-order chi connectivity index (χ1) is 10.2. The van der Waals surface area contributed by atoms with E-state index in [9.17, 15) is 4.79 Å². The molecule has 2 N–H and O–H groups in total. The van der Waals surface area contributed by atoms with Crippen molar-refractivity contribution in [3.8, 4) is 0 Å². The van der Waals surface area contributed by atoms with Gasteiger partial charge in [-0.2, -0.15) is 0 Å². The largest absolute Gasteiger partial charge is 0.334 e. The summed E-state index contributed by atoms with van der Waals surface area (Å²) in [6.07, 6.45) is 4.07. The summed E-state index contributed by atoms with van der Waals surface area (Å²) in [5.41, 5.74) is 1.88. The van der Waals surface area contributed by atoms with Gasteiger partial charge in [0, 0.05) is 22.0 Å². The lowest BCUT2D eigenvalue weighted by Gasteiger charge is -2.08. The molecule has 2 rings (SSSR count). The molecule has 0 atom stereocenters. The molecule has 0 radical (unpaired) electrons. The normalized spacial score (nSPS) is 10.2. The van der Waals surface area contributed by atoms with Crippen molar-refractivity contribution in [2.75, 3.05) is 17.8 Å². The Morgan fingerprint density at radius 2 is 1.43 bits per heavy atom. The van der Waals surface area contributed by atoms with Crippen LogP contribution in [0.2, 0.25) is 0 Å². The fourth-order valence-electron chi connectivity index (χ4n) is 1.78. The minimum Gasteiger partial charge on any atom is -0.334 e. The molecule has 0 bridgehead atoms. The Labute approximate surface area is 133 Å². The van der Waals surface area contributed by atoms with Gasteiger partial charge in [-0.05, 0) is 54.5 Å². The highest BCUT2D eigenvalue weighted by Gasteiger charge is 2.02. The molecule has 2 aromatic rings. The van der Waals surface area contributed by atoms with Crippen molar-refractivity contribution in [3.63, 3.8) is 0 Å². The van der Waals surface area contributed by atoms with E-state index < -0.39 is 0 Å². The summed E-state index contributed by atoms with van der Waals surface area (Å²) in [7, 11) is 0. The molecule has 0 aliphatic rings. The van der Waals surface area contributed by atoms with Gasteiger partial charge in [0.15, 0.2) is 0 Å². The predicted octanol–water partition coefficient (Wildman–Crippen LogP) is 4.45. The zero-order valence-electron chi connectivity index (χ0n) is 12.1. The summed E-state index contributed by atoms with van der Waals surface area (Å²) in [4.78, 5) is 14.2. The average molecular weight is 318 g/mol. The summed E-state index contributed by atoms with van der Waals surface area (Å²) in [6.45, 7) is 0.517. The fraction of sp³-hybridized carbons (Fsp3) is 0.188. The van der Waals surface area contributed by atoms with Gasteiger partial charge in [-0.1, -0.05) is 12.1 Å². The Hall–Kier alpha value is -1.59. The first kappa shape index (κ1) is 15.8. The van der Waals surface area contributed by atoms with Crippen molar-refractivity contribution in [3.05, 3.63) is 54.1 Å². The van der Waals surface area contributed by atoms with E-state index >= 15 is 0 Å². The Balaban J connectivity index is 1.83. The van der Waals surface area contributed by atoms with Crippen molar-refractivity contribution in [1.29, 1.82) is 0 Å². The number of benzene rings is 2. The van der Waals surface area contributed by atoms with Crippen molar-refractivity contribution in [2.24, 2.45) is 0 Å². The lowest BCUT2D eigenvalue weighted by molar-refractivity contribution is 0.251. The summed E-state index contributed by atoms with van der Waals surface area (Å²) in [5, 5.41) is 5.67. The molecule has 110 valence electrons. The van der Waals surface area contributed by atoms with Crippen LogP contribution >= 0.6 is 23.5 Å². The number of hydrogen-bond acceptors (Lipinski definition) is 3. The van der Waals surface area contributed by atoms with Crippen LogP contribution in [0.4, 0.5) is 10.5 Å². The summed E-state index contributed by atoms with van der Waals surface area (Å²) in [5.74, 6) is 0. The summed E-state index contributed by atoms with van der Waals surface area (Å²) < 4.78 is 0. The Bertz CT molecular complexity index is 582. The minimum atomic E-state index is -0.194. The molecule has 0 saturated carbocycles. The monoisotopic (exact) mass is 318 g/mol. The number of nitrogens with one attached hydrogen (secondary N) is 2. The fourth-order valence-corrected chi connectivity index (χ4v) is 2.59. The topological polar surface area (TPSA) is 41.1 Å². The number of hydrogen-bond donors (Lipinski definition) is 2. The maximum Gasteiger partial charge on any atom is 0.319 e. The maximum atomic E-state index is 11.8. The van der Waals surface area contributed by atoms with Gasteiger partial charge in [0.1, 0.15) is 0 Å². The Morgan fingerprint density at radius 3 is 1.95 bits per heavy atom. The van der Waals surface area contributed by atoms with E-state index in [2.05, 4.69) is 22.8 Å². The number of urea groups is 1. The van der Waals surface area contributed by atoms with Crippen LogP contribution in [0.3, 0.4) is 0 Å². The van der Waals surface area contributed by atoms with Crippen LogP contribution in [0, 0.1) is 0 Å². The molecule has 0 saturated heterocycles. The molecule has 5 heteroatoms. The van der Waals surface area contributed by atoms with Crippen LogP contribution < -0.4 is 10.6 Å². The smallest absolute Gasteiger partial charge is 0.319 e. The van der Waals surface area contributed by atoms with Gasteiger partial charge >= 0.3 is 6.03 Å². The Kier molecular flexibility index (Phi) is 6.02. The second-order valence-corrected chi connectivity index (χ2v) is 6.14. The quantitative estimate of drug-likeness (QED) is 0.800. The molecule has 0 unspecified atom stereocenters. The minimum absolute atomic E-state index is 0.194. The van der Waals surface area contributed by atoms with Gasteiger partial charge in [0.25, 0.3) is 0 Å². The second kappa shape index (κ2) is 8.00. The molecular formula is C16H18N2OS2. The van der Waals surface area contributed by atoms with E-state index in [0.717, 1.165) is 11.3 Å². The van der Waals surface area contributed by atoms with Crippen molar-refractivity contribution in [1.82, 2.24) is 5.32 Å². The number of amides is 2. The third-order valence-corrected chi connectivity index (χ3v) is 4.45. The number of rotatable bonds is 5. The Morgan fingerprint density at radius 1 is 0.905 bits per heavy atom. The van der Waals surface area contributed by atoms with Crippen molar-refractivity contribution >= 4 is 35.2 Å². The second-order valence-electron chi connectivity index (χ2n) is 4.38. The third-order valence-electron chi connectivity index (χ3n) is 2.96. The van der Waals surface area contributed by atoms with Crippen LogP contribution in [0.25, 0.3) is 0 Å². The average Bonchev–Trinajstić information content (AvgIpc) is 2.54. The highest BCUT2D eigenvalue weighted by Crippen LogP contribution is 2.17. The van der Waals surface area contributed by atoms with Crippen molar-refractivity contribution < 1.29 is 4.79 Å². The summed E-state index contributed by atoms with van der Waals surface area (Å²) >= 11 is 3.38. The van der Waals surface area contributed by atoms with Gasteiger partial charge in [0.05, 0.1) is 0 Å². The molecule has 0 aliphatic heterocycles. The van der Waals surface area contributed by atoms with Gasteiger partial charge in [-0.25, -0.2) is 4.79 Å².